The van der Waals surface area contributed by atoms with Crippen LogP contribution in [0.2, 0.25) is 0 Å². The molecule has 0 fully saturated rings. The molecule has 0 saturated carbocycles. The average Bonchev–Trinajstić information content (AvgIpc) is 1.69. The second-order valence-corrected chi connectivity index (χ2v) is 23.6. The van der Waals surface area contributed by atoms with Crippen molar-refractivity contribution >= 4 is 77.8 Å². The van der Waals surface area contributed by atoms with Crippen molar-refractivity contribution in [3.8, 4) is 55.6 Å². The number of para-hydroxylation sites is 2. The molecule has 0 radical (unpaired) electrons. The van der Waals surface area contributed by atoms with Gasteiger partial charge in [0.15, 0.2) is 0 Å². The first-order valence-electron chi connectivity index (χ1n) is 30.1. The van der Waals surface area contributed by atoms with Gasteiger partial charge < -0.3 is 0 Å². The molecule has 6 heteroatoms. The maximum absolute atomic E-state index is 9.63. The first-order valence-corrected chi connectivity index (χ1v) is 30.1. The SMILES string of the molecule is CC1(C)c2cc(-c3ccc(C(=N)N(C(=N)c4ccccc4)c4ccccc4)cc3)ccc2-c2cc3c(-c4ccc5ccccc5c4)c4ccc(-c5ccc(C(=N)N(C(=N)c6ccccc6)c6ccccc6)cc5)cc4c(-c4ccc5ccccc5c4)c3cc21. The Morgan fingerprint density at radius 2 is 0.607 bits per heavy atom. The molecule has 0 saturated heterocycles. The quantitative estimate of drug-likeness (QED) is 0.0623. The van der Waals surface area contributed by atoms with E-state index in [2.05, 4.69) is 172 Å². The molecule has 0 heterocycles. The standard InChI is InChI=1S/C83H60N6/c1-83(2)75-50-64(56-33-39-60(40-34-56)82(87)89(68-29-13-6-14-30-68)80(85)58-23-9-4-10-24-58)43-45-69(75)71-51-73-74(52-76(71)83)78(66-42-36-54-20-16-18-26-62(54)48-66)72-49-63(44-46-70(72)77(73)65-41-35-53-19-15-17-25-61(53)47-65)55-31-37-59(38-32-55)81(86)88(67-27-11-5-12-28-67)79(84)57-21-7-3-8-22-57/h3-52,84-87H,1-2H3. The summed E-state index contributed by atoms with van der Waals surface area (Å²) in [6, 6.07) is 105. The highest BCUT2D eigenvalue weighted by Crippen LogP contribution is 2.54. The van der Waals surface area contributed by atoms with Gasteiger partial charge in [-0.1, -0.05) is 257 Å². The number of hydrogen-bond acceptors (Lipinski definition) is 4. The minimum Gasteiger partial charge on any atom is -0.284 e. The van der Waals surface area contributed by atoms with Crippen LogP contribution in [0.15, 0.2) is 303 Å². The van der Waals surface area contributed by atoms with Crippen molar-refractivity contribution in [3.63, 3.8) is 0 Å². The molecule has 4 N–H and O–H groups in total. The number of hydrogen-bond donors (Lipinski definition) is 4. The lowest BCUT2D eigenvalue weighted by Crippen LogP contribution is -2.37. The molecule has 0 spiro atoms. The minimum absolute atomic E-state index is 0.218. The minimum atomic E-state index is -0.378. The van der Waals surface area contributed by atoms with Crippen LogP contribution in [0.3, 0.4) is 0 Å². The molecule has 0 aromatic heterocycles. The van der Waals surface area contributed by atoms with E-state index >= 15 is 0 Å². The molecule has 6 nitrogen and oxygen atoms in total. The molecule has 0 amide bonds. The molecule has 422 valence electrons. The number of fused-ring (bicyclic) bond motifs is 7. The summed E-state index contributed by atoms with van der Waals surface area (Å²) < 4.78 is 0. The lowest BCUT2D eigenvalue weighted by Gasteiger charge is -2.26. The van der Waals surface area contributed by atoms with Crippen LogP contribution in [0.25, 0.3) is 98.7 Å². The summed E-state index contributed by atoms with van der Waals surface area (Å²) in [6.45, 7) is 4.73. The van der Waals surface area contributed by atoms with Crippen molar-refractivity contribution in [3.05, 3.63) is 337 Å². The first kappa shape index (κ1) is 54.1. The summed E-state index contributed by atoms with van der Waals surface area (Å²) >= 11 is 0. The Hall–Kier alpha value is -11.6. The highest BCUT2D eigenvalue weighted by Gasteiger charge is 2.37. The lowest BCUT2D eigenvalue weighted by atomic mass is 9.79. The summed E-state index contributed by atoms with van der Waals surface area (Å²) in [5.74, 6) is 0.913. The molecular formula is C83H60N6. The normalized spacial score (nSPS) is 12.2. The Kier molecular flexibility index (Phi) is 13.4. The second kappa shape index (κ2) is 22.0. The van der Waals surface area contributed by atoms with Gasteiger partial charge in [0.25, 0.3) is 0 Å². The van der Waals surface area contributed by atoms with Crippen molar-refractivity contribution in [1.29, 1.82) is 21.6 Å². The highest BCUT2D eigenvalue weighted by molar-refractivity contribution is 6.29. The van der Waals surface area contributed by atoms with E-state index in [0.29, 0.717) is 11.1 Å². The summed E-state index contributed by atoms with van der Waals surface area (Å²) in [5.41, 5.74) is 17.9. The van der Waals surface area contributed by atoms with E-state index in [-0.39, 0.29) is 28.8 Å². The van der Waals surface area contributed by atoms with E-state index in [1.807, 2.05) is 146 Å². The fourth-order valence-electron chi connectivity index (χ4n) is 13.4. The van der Waals surface area contributed by atoms with Gasteiger partial charge >= 0.3 is 0 Å². The van der Waals surface area contributed by atoms with Gasteiger partial charge in [0.05, 0.1) is 0 Å². The van der Waals surface area contributed by atoms with Crippen molar-refractivity contribution in [1.82, 2.24) is 0 Å². The van der Waals surface area contributed by atoms with Crippen molar-refractivity contribution in [2.45, 2.75) is 19.3 Å². The molecule has 1 aliphatic carbocycles. The third-order valence-corrected chi connectivity index (χ3v) is 18.0. The number of rotatable bonds is 10. The molecule has 15 rings (SSSR count). The van der Waals surface area contributed by atoms with Crippen LogP contribution >= 0.6 is 0 Å². The Morgan fingerprint density at radius 3 is 1.09 bits per heavy atom. The van der Waals surface area contributed by atoms with Crippen molar-refractivity contribution in [2.75, 3.05) is 9.80 Å². The van der Waals surface area contributed by atoms with Crippen molar-refractivity contribution < 1.29 is 0 Å². The number of nitrogens with one attached hydrogen (secondary N) is 4. The zero-order chi connectivity index (χ0) is 60.3. The highest BCUT2D eigenvalue weighted by atomic mass is 15.2. The van der Waals surface area contributed by atoms with Crippen LogP contribution < -0.4 is 9.80 Å². The van der Waals surface area contributed by atoms with Crippen LogP contribution in [-0.2, 0) is 5.41 Å². The van der Waals surface area contributed by atoms with E-state index in [4.69, 9.17) is 0 Å². The number of anilines is 2. The molecule has 0 bridgehead atoms. The average molecular weight is 1140 g/mol. The second-order valence-electron chi connectivity index (χ2n) is 23.6. The van der Waals surface area contributed by atoms with E-state index in [1.54, 1.807) is 9.80 Å². The van der Waals surface area contributed by atoms with Gasteiger partial charge in [-0.25, -0.2) is 0 Å². The van der Waals surface area contributed by atoms with E-state index in [9.17, 15) is 21.6 Å². The number of benzene rings is 14. The Morgan fingerprint density at radius 1 is 0.258 bits per heavy atom. The number of nitrogens with zero attached hydrogens (tertiary/aromatic N) is 2. The first-order chi connectivity index (χ1) is 43.6. The lowest BCUT2D eigenvalue weighted by molar-refractivity contribution is 0.661. The maximum Gasteiger partial charge on any atom is 0.138 e. The molecular weight excluding hydrogens is 1080 g/mol. The van der Waals surface area contributed by atoms with E-state index < -0.39 is 0 Å². The molecule has 14 aromatic rings. The van der Waals surface area contributed by atoms with Crippen LogP contribution in [0.4, 0.5) is 11.4 Å². The topological polar surface area (TPSA) is 102 Å². The van der Waals surface area contributed by atoms with Gasteiger partial charge in [0, 0.05) is 39.0 Å². The third-order valence-electron chi connectivity index (χ3n) is 18.0. The summed E-state index contributed by atoms with van der Waals surface area (Å²) in [7, 11) is 0. The monoisotopic (exact) mass is 1140 g/mol. The van der Waals surface area contributed by atoms with Gasteiger partial charge in [0.1, 0.15) is 23.3 Å². The smallest absolute Gasteiger partial charge is 0.138 e. The molecule has 14 aromatic carbocycles. The van der Waals surface area contributed by atoms with Crippen LogP contribution in [0.1, 0.15) is 47.2 Å². The predicted octanol–water partition coefficient (Wildman–Crippen LogP) is 21.0. The zero-order valence-electron chi connectivity index (χ0n) is 49.3. The molecule has 0 unspecified atom stereocenters. The number of amidine groups is 4. The summed E-state index contributed by atoms with van der Waals surface area (Å²) in [4.78, 5) is 3.42. The maximum atomic E-state index is 9.63. The molecule has 89 heavy (non-hydrogen) atoms. The van der Waals surface area contributed by atoms with Gasteiger partial charge in [-0.3, -0.25) is 31.4 Å². The van der Waals surface area contributed by atoms with Crippen molar-refractivity contribution in [2.24, 2.45) is 0 Å². The van der Waals surface area contributed by atoms with Crippen LogP contribution in [0, 0.1) is 21.6 Å². The Balaban J connectivity index is 0.868. The fourth-order valence-corrected chi connectivity index (χ4v) is 13.4. The molecule has 0 atom stereocenters. The van der Waals surface area contributed by atoms with E-state index in [0.717, 1.165) is 66.7 Å². The zero-order valence-corrected chi connectivity index (χ0v) is 49.3. The predicted molar refractivity (Wildman–Crippen MR) is 374 cm³/mol. The van der Waals surface area contributed by atoms with Gasteiger partial charge in [0.2, 0.25) is 0 Å². The van der Waals surface area contributed by atoms with Gasteiger partial charge in [-0.05, 0) is 171 Å². The largest absolute Gasteiger partial charge is 0.284 e. The summed E-state index contributed by atoms with van der Waals surface area (Å²) in [5, 5.41) is 47.2. The Bertz CT molecular complexity index is 5150. The third kappa shape index (κ3) is 9.55. The molecule has 0 aliphatic heterocycles. The van der Waals surface area contributed by atoms with Gasteiger partial charge in [-0.2, -0.15) is 0 Å². The summed E-state index contributed by atoms with van der Waals surface area (Å²) in [6.07, 6.45) is 0. The fraction of sp³-hybridized carbons (Fsp3) is 0.0361. The van der Waals surface area contributed by atoms with E-state index in [1.165, 1.54) is 65.7 Å². The molecule has 1 aliphatic rings. The Labute approximate surface area is 517 Å². The van der Waals surface area contributed by atoms with Crippen LogP contribution in [-0.4, -0.2) is 23.3 Å². The van der Waals surface area contributed by atoms with Gasteiger partial charge in [-0.15, -0.1) is 0 Å². The van der Waals surface area contributed by atoms with Crippen LogP contribution in [0.5, 0.6) is 0 Å².